The first-order chi connectivity index (χ1) is 14.9. The van der Waals surface area contributed by atoms with Crippen LogP contribution >= 0.6 is 0 Å². The van der Waals surface area contributed by atoms with Gasteiger partial charge < -0.3 is 29.6 Å². The fraction of sp³-hybridized carbons (Fsp3) is 0.381. The predicted octanol–water partition coefficient (Wildman–Crippen LogP) is 0.720. The van der Waals surface area contributed by atoms with Crippen molar-refractivity contribution >= 4 is 29.9 Å². The molecular formula is C21H28N2O9. The second-order valence-electron chi connectivity index (χ2n) is 6.95. The number of amides is 2. The standard InChI is InChI=1S/C21H28N2O9/c1-7-15(24)29-11-20(5,12-30-16(25)8-2)22-19(28)23-21(6,13-31-17(26)9-3)14-32-18(27)10-4/h7-10H,1-4,11-14H2,5-6H3,(H2,22,23,28). The van der Waals surface area contributed by atoms with E-state index >= 15 is 0 Å². The van der Waals surface area contributed by atoms with Crippen molar-refractivity contribution in [3.05, 3.63) is 50.6 Å². The maximum Gasteiger partial charge on any atom is 0.330 e. The summed E-state index contributed by atoms with van der Waals surface area (Å²) in [6, 6.07) is -0.830. The lowest BCUT2D eigenvalue weighted by molar-refractivity contribution is -0.145. The number of hydrogen-bond donors (Lipinski definition) is 2. The van der Waals surface area contributed by atoms with Gasteiger partial charge in [0, 0.05) is 24.3 Å². The fourth-order valence-corrected chi connectivity index (χ4v) is 1.96. The Morgan fingerprint density at radius 3 is 1.00 bits per heavy atom. The van der Waals surface area contributed by atoms with Crippen LogP contribution in [0.4, 0.5) is 4.79 Å². The highest BCUT2D eigenvalue weighted by Gasteiger charge is 2.35. The summed E-state index contributed by atoms with van der Waals surface area (Å²) in [7, 11) is 0. The van der Waals surface area contributed by atoms with E-state index in [4.69, 9.17) is 18.9 Å². The molecule has 0 saturated carbocycles. The van der Waals surface area contributed by atoms with E-state index in [1.54, 1.807) is 0 Å². The molecule has 0 bridgehead atoms. The molecule has 0 spiro atoms. The first-order valence-corrected chi connectivity index (χ1v) is 9.19. The molecule has 0 aliphatic heterocycles. The first kappa shape index (κ1) is 28.1. The van der Waals surface area contributed by atoms with Crippen LogP contribution in [0.2, 0.25) is 0 Å². The molecule has 2 amide bonds. The van der Waals surface area contributed by atoms with Gasteiger partial charge in [-0.1, -0.05) is 26.3 Å². The molecule has 0 aromatic rings. The second kappa shape index (κ2) is 13.4. The number of carbonyl (C=O) groups is 5. The highest BCUT2D eigenvalue weighted by molar-refractivity contribution is 5.83. The van der Waals surface area contributed by atoms with Gasteiger partial charge >= 0.3 is 29.9 Å². The lowest BCUT2D eigenvalue weighted by Gasteiger charge is -2.33. The second-order valence-corrected chi connectivity index (χ2v) is 6.95. The van der Waals surface area contributed by atoms with Gasteiger partial charge in [-0.3, -0.25) is 0 Å². The molecule has 0 radical (unpaired) electrons. The Kier molecular flexibility index (Phi) is 11.8. The quantitative estimate of drug-likeness (QED) is 0.221. The average molecular weight is 452 g/mol. The van der Waals surface area contributed by atoms with Gasteiger partial charge in [-0.2, -0.15) is 0 Å². The minimum Gasteiger partial charge on any atom is -0.460 e. The zero-order chi connectivity index (χ0) is 24.8. The number of nitrogens with one attached hydrogen (secondary N) is 2. The van der Waals surface area contributed by atoms with Gasteiger partial charge in [0.25, 0.3) is 0 Å². The summed E-state index contributed by atoms with van der Waals surface area (Å²) in [5.41, 5.74) is -2.73. The average Bonchev–Trinajstić information content (AvgIpc) is 2.77. The summed E-state index contributed by atoms with van der Waals surface area (Å²) in [6.45, 7) is 14.5. The number of esters is 4. The van der Waals surface area contributed by atoms with Crippen LogP contribution in [-0.4, -0.2) is 67.4 Å². The minimum atomic E-state index is -1.36. The van der Waals surface area contributed by atoms with Crippen molar-refractivity contribution in [2.75, 3.05) is 26.4 Å². The molecule has 0 heterocycles. The van der Waals surface area contributed by atoms with Crippen molar-refractivity contribution in [1.82, 2.24) is 10.6 Å². The molecule has 0 rings (SSSR count). The van der Waals surface area contributed by atoms with E-state index in [1.807, 2.05) is 0 Å². The van der Waals surface area contributed by atoms with Crippen LogP contribution in [0, 0.1) is 0 Å². The number of carbonyl (C=O) groups excluding carboxylic acids is 5. The van der Waals surface area contributed by atoms with Crippen molar-refractivity contribution in [1.29, 1.82) is 0 Å². The lowest BCUT2D eigenvalue weighted by atomic mass is 10.0. The maximum atomic E-state index is 12.7. The molecule has 0 aromatic heterocycles. The topological polar surface area (TPSA) is 146 Å². The monoisotopic (exact) mass is 452 g/mol. The van der Waals surface area contributed by atoms with Crippen LogP contribution in [0.3, 0.4) is 0 Å². The van der Waals surface area contributed by atoms with Gasteiger partial charge in [0.05, 0.1) is 0 Å². The van der Waals surface area contributed by atoms with E-state index in [0.717, 1.165) is 24.3 Å². The van der Waals surface area contributed by atoms with Crippen LogP contribution in [0.1, 0.15) is 13.8 Å². The molecule has 11 nitrogen and oxygen atoms in total. The van der Waals surface area contributed by atoms with E-state index in [1.165, 1.54) is 13.8 Å². The Labute approximate surface area is 186 Å². The Balaban J connectivity index is 5.43. The Hall–Kier alpha value is -3.89. The summed E-state index contributed by atoms with van der Waals surface area (Å²) in [5, 5.41) is 5.03. The Bertz CT molecular complexity index is 663. The van der Waals surface area contributed by atoms with Gasteiger partial charge in [0.2, 0.25) is 0 Å². The number of hydrogen-bond acceptors (Lipinski definition) is 9. The van der Waals surface area contributed by atoms with Gasteiger partial charge in [-0.05, 0) is 13.8 Å². The zero-order valence-corrected chi connectivity index (χ0v) is 18.1. The number of ether oxygens (including phenoxy) is 4. The van der Waals surface area contributed by atoms with E-state index in [-0.39, 0.29) is 26.4 Å². The summed E-state index contributed by atoms with van der Waals surface area (Å²) in [5.74, 6) is -3.03. The van der Waals surface area contributed by atoms with Crippen molar-refractivity contribution in [3.8, 4) is 0 Å². The summed E-state index contributed by atoms with van der Waals surface area (Å²) < 4.78 is 19.9. The predicted molar refractivity (Wildman–Crippen MR) is 113 cm³/mol. The maximum absolute atomic E-state index is 12.7. The minimum absolute atomic E-state index is 0.372. The van der Waals surface area contributed by atoms with Crippen LogP contribution in [0.25, 0.3) is 0 Å². The third kappa shape index (κ3) is 11.3. The van der Waals surface area contributed by atoms with Crippen LogP contribution in [0.15, 0.2) is 50.6 Å². The SMILES string of the molecule is C=CC(=O)OCC(C)(COC(=O)C=C)NC(=O)NC(C)(COC(=O)C=C)COC(=O)C=C. The third-order valence-corrected chi connectivity index (χ3v) is 3.63. The molecule has 0 unspecified atom stereocenters. The molecule has 0 atom stereocenters. The van der Waals surface area contributed by atoms with Crippen LogP contribution in [0.5, 0.6) is 0 Å². The van der Waals surface area contributed by atoms with Crippen molar-refractivity contribution in [3.63, 3.8) is 0 Å². The summed E-state index contributed by atoms with van der Waals surface area (Å²) >= 11 is 0. The van der Waals surface area contributed by atoms with E-state index in [2.05, 4.69) is 36.9 Å². The number of urea groups is 1. The number of rotatable bonds is 14. The molecular weight excluding hydrogens is 424 g/mol. The van der Waals surface area contributed by atoms with Gasteiger partial charge in [-0.25, -0.2) is 24.0 Å². The first-order valence-electron chi connectivity index (χ1n) is 9.19. The van der Waals surface area contributed by atoms with Gasteiger partial charge in [-0.15, -0.1) is 0 Å². The van der Waals surface area contributed by atoms with Gasteiger partial charge in [0.15, 0.2) is 0 Å². The zero-order valence-electron chi connectivity index (χ0n) is 18.1. The highest BCUT2D eigenvalue weighted by atomic mass is 16.6. The van der Waals surface area contributed by atoms with E-state index in [0.29, 0.717) is 0 Å². The van der Waals surface area contributed by atoms with Crippen LogP contribution in [-0.2, 0) is 38.1 Å². The summed E-state index contributed by atoms with van der Waals surface area (Å²) in [4.78, 5) is 58.3. The lowest BCUT2D eigenvalue weighted by Crippen LogP contribution is -2.62. The Morgan fingerprint density at radius 2 is 0.812 bits per heavy atom. The smallest absolute Gasteiger partial charge is 0.330 e. The Morgan fingerprint density at radius 1 is 0.594 bits per heavy atom. The molecule has 11 heteroatoms. The van der Waals surface area contributed by atoms with Gasteiger partial charge in [0.1, 0.15) is 37.5 Å². The molecule has 2 N–H and O–H groups in total. The molecule has 0 aliphatic rings. The molecule has 32 heavy (non-hydrogen) atoms. The fourth-order valence-electron chi connectivity index (χ4n) is 1.96. The molecule has 0 fully saturated rings. The van der Waals surface area contributed by atoms with E-state index in [9.17, 15) is 24.0 Å². The van der Waals surface area contributed by atoms with E-state index < -0.39 is 41.0 Å². The van der Waals surface area contributed by atoms with Crippen molar-refractivity contribution in [2.45, 2.75) is 24.9 Å². The molecule has 0 saturated heterocycles. The summed E-state index contributed by atoms with van der Waals surface area (Å²) in [6.07, 6.45) is 3.70. The molecule has 176 valence electrons. The third-order valence-electron chi connectivity index (χ3n) is 3.63. The largest absolute Gasteiger partial charge is 0.460 e. The van der Waals surface area contributed by atoms with Crippen molar-refractivity contribution in [2.24, 2.45) is 0 Å². The normalized spacial score (nSPS) is 10.6. The van der Waals surface area contributed by atoms with Crippen LogP contribution < -0.4 is 10.6 Å². The molecule has 0 aliphatic carbocycles. The molecule has 0 aromatic carbocycles. The van der Waals surface area contributed by atoms with Crippen molar-refractivity contribution < 1.29 is 42.9 Å². The highest BCUT2D eigenvalue weighted by Crippen LogP contribution is 2.10.